The number of hydrogen-bond donors (Lipinski definition) is 1. The Labute approximate surface area is 62.8 Å². The molecular weight excluding hydrogens is 122 g/mol. The van der Waals surface area contributed by atoms with Gasteiger partial charge in [0, 0.05) is 6.54 Å². The number of hydrogen-bond acceptors (Lipinski definition) is 1. The van der Waals surface area contributed by atoms with Crippen molar-refractivity contribution >= 4 is 0 Å². The van der Waals surface area contributed by atoms with Crippen molar-refractivity contribution < 1.29 is 0 Å². The fourth-order valence-electron chi connectivity index (χ4n) is 1.17. The Bertz CT molecular complexity index is 166. The molecule has 1 nitrogen and oxygen atoms in total. The second-order valence-corrected chi connectivity index (χ2v) is 2.66. The summed E-state index contributed by atoms with van der Waals surface area (Å²) >= 11 is 0. The van der Waals surface area contributed by atoms with E-state index in [0.717, 1.165) is 13.1 Å². The van der Waals surface area contributed by atoms with E-state index in [9.17, 15) is 0 Å². The molecule has 1 aliphatic heterocycles. The average molecular weight is 137 g/mol. The summed E-state index contributed by atoms with van der Waals surface area (Å²) in [4.78, 5) is 0. The second kappa shape index (κ2) is 3.57. The van der Waals surface area contributed by atoms with E-state index in [1.165, 1.54) is 17.6 Å². The predicted molar refractivity (Wildman–Crippen MR) is 45.0 cm³/mol. The van der Waals surface area contributed by atoms with Gasteiger partial charge >= 0.3 is 0 Å². The molecule has 56 valence electrons. The van der Waals surface area contributed by atoms with Crippen molar-refractivity contribution in [1.82, 2.24) is 5.32 Å². The summed E-state index contributed by atoms with van der Waals surface area (Å²) in [5.41, 5.74) is 2.95. The SMILES string of the molecule is C/C=C(\C)C1=CCNCC1. The Hall–Kier alpha value is -0.560. The first-order chi connectivity index (χ1) is 4.84. The van der Waals surface area contributed by atoms with E-state index >= 15 is 0 Å². The number of nitrogens with one attached hydrogen (secondary N) is 1. The molecule has 0 atom stereocenters. The molecule has 0 spiro atoms. The molecule has 0 fully saturated rings. The second-order valence-electron chi connectivity index (χ2n) is 2.66. The third-order valence-corrected chi connectivity index (χ3v) is 2.00. The Morgan fingerprint density at radius 1 is 1.70 bits per heavy atom. The quantitative estimate of drug-likeness (QED) is 0.581. The normalized spacial score (nSPS) is 20.6. The van der Waals surface area contributed by atoms with Gasteiger partial charge in [0.1, 0.15) is 0 Å². The summed E-state index contributed by atoms with van der Waals surface area (Å²) in [6.07, 6.45) is 5.64. The van der Waals surface area contributed by atoms with Gasteiger partial charge in [-0.2, -0.15) is 0 Å². The first-order valence-corrected chi connectivity index (χ1v) is 3.87. The van der Waals surface area contributed by atoms with Crippen LogP contribution in [0.1, 0.15) is 20.3 Å². The molecule has 1 N–H and O–H groups in total. The van der Waals surface area contributed by atoms with E-state index in [4.69, 9.17) is 0 Å². The van der Waals surface area contributed by atoms with Crippen LogP contribution in [0.3, 0.4) is 0 Å². The van der Waals surface area contributed by atoms with Crippen LogP contribution in [0, 0.1) is 0 Å². The zero-order valence-electron chi connectivity index (χ0n) is 6.78. The van der Waals surface area contributed by atoms with E-state index in [1.807, 2.05) is 0 Å². The van der Waals surface area contributed by atoms with Crippen LogP contribution in [0.2, 0.25) is 0 Å². The molecule has 0 aromatic rings. The highest BCUT2D eigenvalue weighted by Crippen LogP contribution is 2.14. The van der Waals surface area contributed by atoms with Gasteiger partial charge < -0.3 is 5.32 Å². The molecule has 0 radical (unpaired) electrons. The van der Waals surface area contributed by atoms with Crippen LogP contribution >= 0.6 is 0 Å². The fourth-order valence-corrected chi connectivity index (χ4v) is 1.17. The maximum Gasteiger partial charge on any atom is 0.0140 e. The smallest absolute Gasteiger partial charge is 0.0140 e. The predicted octanol–water partition coefficient (Wildman–Crippen LogP) is 1.87. The van der Waals surface area contributed by atoms with Crippen LogP contribution in [0.25, 0.3) is 0 Å². The summed E-state index contributed by atoms with van der Waals surface area (Å²) in [5, 5.41) is 3.29. The lowest BCUT2D eigenvalue weighted by molar-refractivity contribution is 0.707. The maximum absolute atomic E-state index is 3.29. The van der Waals surface area contributed by atoms with Gasteiger partial charge in [-0.25, -0.2) is 0 Å². The van der Waals surface area contributed by atoms with Crippen LogP contribution in [0.15, 0.2) is 23.3 Å². The van der Waals surface area contributed by atoms with Crippen LogP contribution in [-0.4, -0.2) is 13.1 Å². The summed E-state index contributed by atoms with van der Waals surface area (Å²) in [7, 11) is 0. The van der Waals surface area contributed by atoms with Gasteiger partial charge in [0.05, 0.1) is 0 Å². The Morgan fingerprint density at radius 2 is 2.50 bits per heavy atom. The maximum atomic E-state index is 3.29. The standard InChI is InChI=1S/C9H15N/c1-3-8(2)9-4-6-10-7-5-9/h3-4,10H,5-7H2,1-2H3/b8-3+. The highest BCUT2D eigenvalue weighted by molar-refractivity contribution is 5.30. The lowest BCUT2D eigenvalue weighted by atomic mass is 10.0. The van der Waals surface area contributed by atoms with Crippen molar-refractivity contribution in [1.29, 1.82) is 0 Å². The van der Waals surface area contributed by atoms with E-state index < -0.39 is 0 Å². The molecule has 10 heavy (non-hydrogen) atoms. The number of allylic oxidation sites excluding steroid dienone is 2. The third kappa shape index (κ3) is 1.71. The minimum Gasteiger partial charge on any atom is -0.313 e. The minimum absolute atomic E-state index is 1.04. The summed E-state index contributed by atoms with van der Waals surface area (Å²) in [6.45, 7) is 6.45. The van der Waals surface area contributed by atoms with Crippen LogP contribution in [0.4, 0.5) is 0 Å². The molecule has 0 aliphatic carbocycles. The van der Waals surface area contributed by atoms with Gasteiger partial charge in [-0.15, -0.1) is 0 Å². The zero-order chi connectivity index (χ0) is 7.40. The van der Waals surface area contributed by atoms with Crippen LogP contribution in [-0.2, 0) is 0 Å². The Balaban J connectivity index is 2.62. The highest BCUT2D eigenvalue weighted by Gasteiger charge is 2.02. The molecule has 0 bridgehead atoms. The number of rotatable bonds is 1. The van der Waals surface area contributed by atoms with E-state index in [-0.39, 0.29) is 0 Å². The molecule has 1 aliphatic rings. The third-order valence-electron chi connectivity index (χ3n) is 2.00. The van der Waals surface area contributed by atoms with Crippen molar-refractivity contribution in [2.24, 2.45) is 0 Å². The van der Waals surface area contributed by atoms with Crippen molar-refractivity contribution in [3.63, 3.8) is 0 Å². The molecule has 0 unspecified atom stereocenters. The summed E-state index contributed by atoms with van der Waals surface area (Å²) in [5.74, 6) is 0. The fraction of sp³-hybridized carbons (Fsp3) is 0.556. The van der Waals surface area contributed by atoms with Crippen molar-refractivity contribution in [3.8, 4) is 0 Å². The van der Waals surface area contributed by atoms with Gasteiger partial charge in [-0.3, -0.25) is 0 Å². The lowest BCUT2D eigenvalue weighted by Crippen LogP contribution is -2.20. The molecular formula is C9H15N. The highest BCUT2D eigenvalue weighted by atomic mass is 14.8. The first kappa shape index (κ1) is 7.55. The summed E-state index contributed by atoms with van der Waals surface area (Å²) < 4.78 is 0. The summed E-state index contributed by atoms with van der Waals surface area (Å²) in [6, 6.07) is 0. The topological polar surface area (TPSA) is 12.0 Å². The molecule has 0 saturated carbocycles. The minimum atomic E-state index is 1.04. The van der Waals surface area contributed by atoms with Crippen molar-refractivity contribution in [2.45, 2.75) is 20.3 Å². The van der Waals surface area contributed by atoms with Crippen molar-refractivity contribution in [3.05, 3.63) is 23.3 Å². The molecule has 0 aromatic heterocycles. The molecule has 0 amide bonds. The zero-order valence-corrected chi connectivity index (χ0v) is 6.78. The first-order valence-electron chi connectivity index (χ1n) is 3.87. The average Bonchev–Trinajstić information content (AvgIpc) is 2.05. The van der Waals surface area contributed by atoms with E-state index in [0.29, 0.717) is 0 Å². The van der Waals surface area contributed by atoms with Crippen molar-refractivity contribution in [2.75, 3.05) is 13.1 Å². The van der Waals surface area contributed by atoms with Gasteiger partial charge in [0.2, 0.25) is 0 Å². The largest absolute Gasteiger partial charge is 0.313 e. The monoisotopic (exact) mass is 137 g/mol. The Kier molecular flexibility index (Phi) is 2.69. The molecule has 1 heterocycles. The Morgan fingerprint density at radius 3 is 3.00 bits per heavy atom. The molecule has 1 rings (SSSR count). The lowest BCUT2D eigenvalue weighted by Gasteiger charge is -2.13. The van der Waals surface area contributed by atoms with E-state index in [2.05, 4.69) is 31.3 Å². The van der Waals surface area contributed by atoms with Gasteiger partial charge in [0.25, 0.3) is 0 Å². The molecule has 0 saturated heterocycles. The van der Waals surface area contributed by atoms with Gasteiger partial charge in [0.15, 0.2) is 0 Å². The van der Waals surface area contributed by atoms with Crippen LogP contribution in [0.5, 0.6) is 0 Å². The molecule has 1 heteroatoms. The van der Waals surface area contributed by atoms with Gasteiger partial charge in [-0.05, 0) is 32.4 Å². The van der Waals surface area contributed by atoms with E-state index in [1.54, 1.807) is 0 Å². The molecule has 0 aromatic carbocycles. The van der Waals surface area contributed by atoms with Gasteiger partial charge in [-0.1, -0.05) is 17.7 Å². The van der Waals surface area contributed by atoms with Crippen LogP contribution < -0.4 is 5.32 Å².